The third kappa shape index (κ3) is 5.54. The fraction of sp³-hybridized carbons (Fsp3) is 1.00. The van der Waals surface area contributed by atoms with Crippen LogP contribution >= 0.6 is 0 Å². The summed E-state index contributed by atoms with van der Waals surface area (Å²) >= 11 is 0. The molecular weight excluding hydrogens is 228 g/mol. The predicted molar refractivity (Wildman–Crippen MR) is 76.2 cm³/mol. The van der Waals surface area contributed by atoms with Gasteiger partial charge in [0.15, 0.2) is 0 Å². The minimum atomic E-state index is -0.272. The van der Waals surface area contributed by atoms with Gasteiger partial charge in [-0.3, -0.25) is 0 Å². The van der Waals surface area contributed by atoms with Gasteiger partial charge in [0.05, 0.1) is 9.52 Å². The molecule has 0 N–H and O–H groups in total. The van der Waals surface area contributed by atoms with E-state index in [9.17, 15) is 0 Å². The standard InChI is InChI=1S/C14H30O2Si/c1-4-13(12-10-8-7-9-11-12)17-14(15-5-2)16-6-3/h12-14H,4-11,17H2,1-3H3. The zero-order chi connectivity index (χ0) is 12.5. The molecule has 17 heavy (non-hydrogen) atoms. The van der Waals surface area contributed by atoms with E-state index in [1.165, 1.54) is 38.5 Å². The second-order valence-corrected chi connectivity index (χ2v) is 7.33. The van der Waals surface area contributed by atoms with Gasteiger partial charge in [-0.25, -0.2) is 0 Å². The normalized spacial score (nSPS) is 20.5. The van der Waals surface area contributed by atoms with Crippen molar-refractivity contribution in [2.75, 3.05) is 13.2 Å². The Morgan fingerprint density at radius 2 is 1.59 bits per heavy atom. The first-order valence-corrected chi connectivity index (χ1v) is 9.18. The van der Waals surface area contributed by atoms with Crippen molar-refractivity contribution in [2.24, 2.45) is 5.92 Å². The van der Waals surface area contributed by atoms with Crippen LogP contribution in [0.4, 0.5) is 0 Å². The van der Waals surface area contributed by atoms with Gasteiger partial charge in [0, 0.05) is 13.2 Å². The van der Waals surface area contributed by atoms with Crippen LogP contribution in [-0.2, 0) is 9.47 Å². The Hall–Kier alpha value is 0.137. The lowest BCUT2D eigenvalue weighted by Gasteiger charge is -2.31. The van der Waals surface area contributed by atoms with Crippen molar-refractivity contribution in [3.05, 3.63) is 0 Å². The summed E-state index contributed by atoms with van der Waals surface area (Å²) in [5.41, 5.74) is 0.929. The van der Waals surface area contributed by atoms with Crippen LogP contribution in [0.25, 0.3) is 0 Å². The molecule has 3 heteroatoms. The molecule has 0 spiro atoms. The van der Waals surface area contributed by atoms with E-state index in [1.807, 2.05) is 0 Å². The monoisotopic (exact) mass is 258 g/mol. The van der Waals surface area contributed by atoms with Crippen molar-refractivity contribution in [2.45, 2.75) is 70.8 Å². The Labute approximate surface area is 109 Å². The summed E-state index contributed by atoms with van der Waals surface area (Å²) < 4.78 is 11.5. The van der Waals surface area contributed by atoms with E-state index in [-0.39, 0.29) is 15.4 Å². The SMILES string of the molecule is CCOC(OCC)[SiH2]C(CC)C1CCCCC1. The topological polar surface area (TPSA) is 18.5 Å². The maximum Gasteiger partial charge on any atom is 0.135 e. The molecule has 0 aliphatic heterocycles. The molecule has 0 radical (unpaired) electrons. The third-order valence-corrected chi connectivity index (χ3v) is 6.75. The fourth-order valence-electron chi connectivity index (χ4n) is 3.10. The van der Waals surface area contributed by atoms with E-state index >= 15 is 0 Å². The van der Waals surface area contributed by atoms with E-state index in [1.54, 1.807) is 0 Å². The van der Waals surface area contributed by atoms with Gasteiger partial charge in [-0.2, -0.15) is 0 Å². The first-order valence-electron chi connectivity index (χ1n) is 7.54. The van der Waals surface area contributed by atoms with Crippen LogP contribution < -0.4 is 0 Å². The number of hydrogen-bond donors (Lipinski definition) is 0. The van der Waals surface area contributed by atoms with Gasteiger partial charge in [-0.1, -0.05) is 45.4 Å². The van der Waals surface area contributed by atoms with E-state index < -0.39 is 0 Å². The Bertz CT molecular complexity index is 175. The largest absolute Gasteiger partial charge is 0.357 e. The lowest BCUT2D eigenvalue weighted by atomic mass is 9.86. The van der Waals surface area contributed by atoms with Crippen LogP contribution in [-0.4, -0.2) is 28.6 Å². The third-order valence-electron chi connectivity index (χ3n) is 4.04. The summed E-state index contributed by atoms with van der Waals surface area (Å²) in [7, 11) is -0.272. The number of hydrogen-bond acceptors (Lipinski definition) is 2. The average Bonchev–Trinajstić information content (AvgIpc) is 2.37. The highest BCUT2D eigenvalue weighted by atomic mass is 28.2. The molecular formula is C14H30O2Si. The molecule has 0 bridgehead atoms. The van der Waals surface area contributed by atoms with E-state index in [0.717, 1.165) is 24.7 Å². The molecule has 1 aliphatic carbocycles. The van der Waals surface area contributed by atoms with Crippen LogP contribution in [0.5, 0.6) is 0 Å². The summed E-state index contributed by atoms with van der Waals surface area (Å²) in [6.45, 7) is 8.07. The molecule has 1 fully saturated rings. The van der Waals surface area contributed by atoms with Gasteiger partial charge < -0.3 is 9.47 Å². The van der Waals surface area contributed by atoms with Crippen LogP contribution in [0, 0.1) is 5.92 Å². The highest BCUT2D eigenvalue weighted by molar-refractivity contribution is 6.38. The molecule has 1 unspecified atom stereocenters. The Kier molecular flexibility index (Phi) is 8.15. The molecule has 0 heterocycles. The summed E-state index contributed by atoms with van der Waals surface area (Å²) in [5, 5.41) is 0. The van der Waals surface area contributed by atoms with E-state index in [2.05, 4.69) is 20.8 Å². The van der Waals surface area contributed by atoms with Gasteiger partial charge >= 0.3 is 0 Å². The Balaban J connectivity index is 2.41. The molecule has 1 saturated carbocycles. The first kappa shape index (κ1) is 15.2. The Morgan fingerprint density at radius 1 is 1.00 bits per heavy atom. The lowest BCUT2D eigenvalue weighted by Crippen LogP contribution is -2.31. The average molecular weight is 258 g/mol. The van der Waals surface area contributed by atoms with Gasteiger partial charge in [0.1, 0.15) is 5.91 Å². The van der Waals surface area contributed by atoms with Crippen molar-refractivity contribution < 1.29 is 9.47 Å². The van der Waals surface area contributed by atoms with Crippen LogP contribution in [0.3, 0.4) is 0 Å². The van der Waals surface area contributed by atoms with Crippen molar-refractivity contribution >= 4 is 9.52 Å². The first-order chi connectivity index (χ1) is 8.31. The molecule has 2 nitrogen and oxygen atoms in total. The minimum Gasteiger partial charge on any atom is -0.357 e. The minimum absolute atomic E-state index is 0.164. The highest BCUT2D eigenvalue weighted by Gasteiger charge is 2.26. The highest BCUT2D eigenvalue weighted by Crippen LogP contribution is 2.35. The molecule has 0 aromatic rings. The maximum atomic E-state index is 5.75. The van der Waals surface area contributed by atoms with Crippen LogP contribution in [0.15, 0.2) is 0 Å². The van der Waals surface area contributed by atoms with Gasteiger partial charge in [-0.15, -0.1) is 0 Å². The predicted octanol–water partition coefficient (Wildman–Crippen LogP) is 3.29. The fourth-order valence-corrected chi connectivity index (χ4v) is 5.53. The number of rotatable bonds is 8. The number of ether oxygens (including phenoxy) is 2. The quantitative estimate of drug-likeness (QED) is 0.491. The molecule has 1 atom stereocenters. The zero-order valence-corrected chi connectivity index (χ0v) is 13.3. The molecule has 0 saturated heterocycles. The van der Waals surface area contributed by atoms with Crippen molar-refractivity contribution in [1.82, 2.24) is 0 Å². The second kappa shape index (κ2) is 9.12. The summed E-state index contributed by atoms with van der Waals surface area (Å²) in [5.74, 6) is 1.14. The smallest absolute Gasteiger partial charge is 0.135 e. The molecule has 1 rings (SSSR count). The summed E-state index contributed by atoms with van der Waals surface area (Å²) in [6.07, 6.45) is 8.59. The Morgan fingerprint density at radius 3 is 2.06 bits per heavy atom. The van der Waals surface area contributed by atoms with Crippen molar-refractivity contribution in [1.29, 1.82) is 0 Å². The van der Waals surface area contributed by atoms with Gasteiger partial charge in [0.2, 0.25) is 0 Å². The molecule has 102 valence electrons. The second-order valence-electron chi connectivity index (χ2n) is 5.14. The van der Waals surface area contributed by atoms with Crippen molar-refractivity contribution in [3.8, 4) is 0 Å². The van der Waals surface area contributed by atoms with E-state index in [0.29, 0.717) is 0 Å². The molecule has 0 aromatic carbocycles. The molecule has 0 amide bonds. The summed E-state index contributed by atoms with van der Waals surface area (Å²) in [6, 6.07) is 0. The van der Waals surface area contributed by atoms with Gasteiger partial charge in [-0.05, 0) is 25.3 Å². The zero-order valence-electron chi connectivity index (χ0n) is 11.9. The van der Waals surface area contributed by atoms with Crippen LogP contribution in [0.2, 0.25) is 5.54 Å². The molecule has 1 aliphatic rings. The lowest BCUT2D eigenvalue weighted by molar-refractivity contribution is -0.0839. The summed E-state index contributed by atoms with van der Waals surface area (Å²) in [4.78, 5) is 0. The van der Waals surface area contributed by atoms with E-state index in [4.69, 9.17) is 9.47 Å². The van der Waals surface area contributed by atoms with Crippen molar-refractivity contribution in [3.63, 3.8) is 0 Å². The maximum absolute atomic E-state index is 5.75. The van der Waals surface area contributed by atoms with Gasteiger partial charge in [0.25, 0.3) is 0 Å². The molecule has 0 aromatic heterocycles. The van der Waals surface area contributed by atoms with Crippen LogP contribution in [0.1, 0.15) is 59.3 Å².